The van der Waals surface area contributed by atoms with Crippen molar-refractivity contribution in [3.63, 3.8) is 0 Å². The first-order chi connectivity index (χ1) is 20.5. The molecule has 1 amide bonds. The number of aromatic amines is 1. The Labute approximate surface area is 247 Å². The van der Waals surface area contributed by atoms with E-state index in [9.17, 15) is 9.18 Å². The smallest absolute Gasteiger partial charge is 0.226 e. The number of carbonyl (C=O) groups is 1. The van der Waals surface area contributed by atoms with Gasteiger partial charge < -0.3 is 15.2 Å². The molecule has 1 aliphatic rings. The molecule has 1 unspecified atom stereocenters. The van der Waals surface area contributed by atoms with Crippen LogP contribution in [-0.2, 0) is 11.2 Å². The van der Waals surface area contributed by atoms with Crippen LogP contribution in [0, 0.1) is 11.7 Å². The molecule has 0 spiro atoms. The van der Waals surface area contributed by atoms with Gasteiger partial charge in [0.25, 0.3) is 0 Å². The third kappa shape index (κ3) is 6.12. The number of likely N-dealkylation sites (tertiary alicyclic amines) is 1. The van der Waals surface area contributed by atoms with Crippen molar-refractivity contribution >= 4 is 33.3 Å². The Morgan fingerprint density at radius 3 is 2.67 bits per heavy atom. The van der Waals surface area contributed by atoms with Crippen LogP contribution in [0.3, 0.4) is 0 Å². The van der Waals surface area contributed by atoms with Crippen molar-refractivity contribution < 1.29 is 9.18 Å². The molecule has 6 rings (SSSR count). The molecule has 4 aromatic carbocycles. The van der Waals surface area contributed by atoms with Gasteiger partial charge in [-0.1, -0.05) is 74.5 Å². The summed E-state index contributed by atoms with van der Waals surface area (Å²) in [4.78, 5) is 18.5. The third-order valence-electron chi connectivity index (χ3n) is 8.79. The minimum Gasteiger partial charge on any atom is -0.354 e. The molecule has 0 radical (unpaired) electrons. The molecule has 1 saturated heterocycles. The van der Waals surface area contributed by atoms with Gasteiger partial charge in [-0.2, -0.15) is 0 Å². The molecular weight excluding hydrogens is 521 g/mol. The first-order valence-electron chi connectivity index (χ1n) is 15.4. The largest absolute Gasteiger partial charge is 0.354 e. The van der Waals surface area contributed by atoms with Gasteiger partial charge in [-0.15, -0.1) is 0 Å². The van der Waals surface area contributed by atoms with Crippen LogP contribution in [-0.4, -0.2) is 35.4 Å². The van der Waals surface area contributed by atoms with Crippen molar-refractivity contribution in [2.45, 2.75) is 51.9 Å². The van der Waals surface area contributed by atoms with Crippen LogP contribution in [0.4, 0.5) is 10.1 Å². The highest BCUT2D eigenvalue weighted by atomic mass is 19.1. The van der Waals surface area contributed by atoms with Gasteiger partial charge in [0, 0.05) is 33.6 Å². The number of anilines is 1. The highest BCUT2D eigenvalue weighted by Gasteiger charge is 2.20. The minimum atomic E-state index is -0.214. The van der Waals surface area contributed by atoms with E-state index in [0.717, 1.165) is 67.8 Å². The third-order valence-corrected chi connectivity index (χ3v) is 8.79. The Hall–Kier alpha value is -3.96. The summed E-state index contributed by atoms with van der Waals surface area (Å²) >= 11 is 0. The Balaban J connectivity index is 1.15. The second-order valence-corrected chi connectivity index (χ2v) is 12.0. The molecule has 1 fully saturated rings. The molecule has 42 heavy (non-hydrogen) atoms. The zero-order valence-electron chi connectivity index (χ0n) is 24.6. The Bertz CT molecular complexity index is 1700. The second-order valence-electron chi connectivity index (χ2n) is 12.0. The molecule has 2 N–H and O–H groups in total. The summed E-state index contributed by atoms with van der Waals surface area (Å²) in [7, 11) is 0. The highest BCUT2D eigenvalue weighted by Crippen LogP contribution is 2.36. The maximum Gasteiger partial charge on any atom is 0.226 e. The number of carbonyl (C=O) groups excluding carboxylic acids is 1. The number of rotatable bonds is 8. The Morgan fingerprint density at radius 1 is 0.952 bits per heavy atom. The van der Waals surface area contributed by atoms with E-state index in [1.54, 1.807) is 12.1 Å². The second kappa shape index (κ2) is 12.5. The van der Waals surface area contributed by atoms with Crippen molar-refractivity contribution in [3.05, 3.63) is 102 Å². The molecular formula is C37H40FN3O. The number of aryl methyl sites for hydroxylation is 1. The van der Waals surface area contributed by atoms with Crippen molar-refractivity contribution in [1.29, 1.82) is 0 Å². The van der Waals surface area contributed by atoms with E-state index in [1.165, 1.54) is 39.8 Å². The topological polar surface area (TPSA) is 48.1 Å². The fourth-order valence-corrected chi connectivity index (χ4v) is 6.49. The lowest BCUT2D eigenvalue weighted by Crippen LogP contribution is -2.26. The van der Waals surface area contributed by atoms with Gasteiger partial charge in [0.15, 0.2) is 0 Å². The minimum absolute atomic E-state index is 0.0337. The van der Waals surface area contributed by atoms with Crippen LogP contribution in [0.2, 0.25) is 0 Å². The van der Waals surface area contributed by atoms with Gasteiger partial charge >= 0.3 is 0 Å². The summed E-state index contributed by atoms with van der Waals surface area (Å²) in [6, 6.07) is 28.2. The van der Waals surface area contributed by atoms with Crippen LogP contribution in [0.1, 0.15) is 56.6 Å². The molecule has 1 aliphatic heterocycles. The molecule has 4 nitrogen and oxygen atoms in total. The molecule has 0 saturated carbocycles. The fraction of sp³-hybridized carbons (Fsp3) is 0.324. The summed E-state index contributed by atoms with van der Waals surface area (Å²) < 4.78 is 14.3. The lowest BCUT2D eigenvalue weighted by molar-refractivity contribution is -0.118. The number of hydrogen-bond acceptors (Lipinski definition) is 2. The molecule has 0 bridgehead atoms. The maximum atomic E-state index is 14.3. The van der Waals surface area contributed by atoms with Gasteiger partial charge in [0.2, 0.25) is 5.91 Å². The van der Waals surface area contributed by atoms with Gasteiger partial charge in [-0.25, -0.2) is 4.39 Å². The summed E-state index contributed by atoms with van der Waals surface area (Å²) in [5.41, 5.74) is 6.55. The average molecular weight is 562 g/mol. The molecule has 5 heteroatoms. The predicted octanol–water partition coefficient (Wildman–Crippen LogP) is 8.92. The quantitative estimate of drug-likeness (QED) is 0.199. The summed E-state index contributed by atoms with van der Waals surface area (Å²) in [6.07, 6.45) is 5.43. The molecule has 1 atom stereocenters. The number of benzene rings is 4. The van der Waals surface area contributed by atoms with E-state index >= 15 is 0 Å². The van der Waals surface area contributed by atoms with E-state index in [4.69, 9.17) is 0 Å². The van der Waals surface area contributed by atoms with Crippen LogP contribution >= 0.6 is 0 Å². The molecule has 2 heterocycles. The van der Waals surface area contributed by atoms with Crippen LogP contribution in [0.5, 0.6) is 0 Å². The number of nitrogens with one attached hydrogen (secondary N) is 2. The van der Waals surface area contributed by atoms with Gasteiger partial charge in [0.1, 0.15) is 5.82 Å². The maximum absolute atomic E-state index is 14.3. The van der Waals surface area contributed by atoms with Crippen LogP contribution < -0.4 is 5.32 Å². The standard InChI is InChI=1S/C37H40FN3O/c1-25(2)37(42)39-31-14-6-10-28(24-31)26-12-7-20-41(22-19-26)21-8-16-33-34-18-17-27-9-3-4-15-32(27)36(34)40-35(33)29-11-5-13-30(38)23-29/h3-6,9-11,13-15,17-18,23-26,40H,7-8,12,16,19-22H2,1-2H3,(H,39,42). The zero-order valence-corrected chi connectivity index (χ0v) is 24.6. The molecule has 216 valence electrons. The average Bonchev–Trinajstić information content (AvgIpc) is 3.20. The van der Waals surface area contributed by atoms with E-state index < -0.39 is 0 Å². The van der Waals surface area contributed by atoms with Gasteiger partial charge in [-0.3, -0.25) is 4.79 Å². The lowest BCUT2D eigenvalue weighted by atomic mass is 9.92. The van der Waals surface area contributed by atoms with E-state index in [2.05, 4.69) is 69.8 Å². The monoisotopic (exact) mass is 561 g/mol. The normalized spacial score (nSPS) is 16.2. The molecule has 0 aliphatic carbocycles. The first kappa shape index (κ1) is 28.2. The Morgan fingerprint density at radius 2 is 1.81 bits per heavy atom. The van der Waals surface area contributed by atoms with E-state index in [0.29, 0.717) is 5.92 Å². The number of fused-ring (bicyclic) bond motifs is 3. The fourth-order valence-electron chi connectivity index (χ4n) is 6.49. The molecule has 5 aromatic rings. The first-order valence-corrected chi connectivity index (χ1v) is 15.4. The van der Waals surface area contributed by atoms with Crippen molar-refractivity contribution in [2.75, 3.05) is 25.0 Å². The lowest BCUT2D eigenvalue weighted by Gasteiger charge is -2.20. The van der Waals surface area contributed by atoms with Crippen molar-refractivity contribution in [2.24, 2.45) is 5.92 Å². The van der Waals surface area contributed by atoms with E-state index in [-0.39, 0.29) is 17.6 Å². The number of H-pyrrole nitrogens is 1. The van der Waals surface area contributed by atoms with Gasteiger partial charge in [-0.05, 0) is 98.4 Å². The number of amides is 1. The number of halogens is 1. The SMILES string of the molecule is CC(C)C(=O)Nc1cccc(C2CCCN(CCCc3c(-c4cccc(F)c4)[nH]c4c3ccc3ccccc34)CC2)c1. The van der Waals surface area contributed by atoms with Crippen molar-refractivity contribution in [1.82, 2.24) is 9.88 Å². The van der Waals surface area contributed by atoms with Crippen LogP contribution in [0.15, 0.2) is 84.9 Å². The summed E-state index contributed by atoms with van der Waals surface area (Å²) in [6.45, 7) is 7.06. The zero-order chi connectivity index (χ0) is 29.1. The number of hydrogen-bond donors (Lipinski definition) is 2. The number of aromatic nitrogens is 1. The van der Waals surface area contributed by atoms with Crippen molar-refractivity contribution in [3.8, 4) is 11.3 Å². The number of nitrogens with zero attached hydrogens (tertiary/aromatic N) is 1. The predicted molar refractivity (Wildman–Crippen MR) is 172 cm³/mol. The van der Waals surface area contributed by atoms with E-state index in [1.807, 2.05) is 26.0 Å². The Kier molecular flexibility index (Phi) is 8.38. The summed E-state index contributed by atoms with van der Waals surface area (Å²) in [5, 5.41) is 6.69. The summed E-state index contributed by atoms with van der Waals surface area (Å²) in [5.74, 6) is 0.318. The van der Waals surface area contributed by atoms with Gasteiger partial charge in [0.05, 0.1) is 5.52 Å². The molecule has 1 aromatic heterocycles. The van der Waals surface area contributed by atoms with Crippen LogP contribution in [0.25, 0.3) is 32.9 Å². The highest BCUT2D eigenvalue weighted by molar-refractivity contribution is 6.08.